The number of benzene rings is 1. The van der Waals surface area contributed by atoms with Crippen LogP contribution < -0.4 is 16.0 Å². The van der Waals surface area contributed by atoms with Crippen LogP contribution in [0, 0.1) is 0 Å². The molecule has 1 rings (SSSR count). The van der Waals surface area contributed by atoms with Crippen LogP contribution in [0.1, 0.15) is 5.56 Å². The summed E-state index contributed by atoms with van der Waals surface area (Å²) < 4.78 is 4.87. The number of likely N-dealkylation sites (N-methyl/N-ethyl adjacent to an activating group) is 1. The summed E-state index contributed by atoms with van der Waals surface area (Å²) in [5.74, 6) is -0.0162. The third kappa shape index (κ3) is 4.73. The van der Waals surface area contributed by atoms with Crippen LogP contribution in [0.3, 0.4) is 0 Å². The van der Waals surface area contributed by atoms with Crippen molar-refractivity contribution in [1.29, 1.82) is 0 Å². The largest absolute Gasteiger partial charge is 0.383 e. The molecule has 100 valence electrons. The lowest BCUT2D eigenvalue weighted by Gasteiger charge is -2.19. The van der Waals surface area contributed by atoms with E-state index < -0.39 is 0 Å². The van der Waals surface area contributed by atoms with Gasteiger partial charge in [0.05, 0.1) is 13.2 Å². The summed E-state index contributed by atoms with van der Waals surface area (Å²) in [6.45, 7) is 1.92. The molecule has 3 N–H and O–H groups in total. The lowest BCUT2D eigenvalue weighted by atomic mass is 10.2. The summed E-state index contributed by atoms with van der Waals surface area (Å²) in [4.78, 5) is 13.5. The van der Waals surface area contributed by atoms with Gasteiger partial charge in [0.25, 0.3) is 0 Å². The standard InChI is InChI=1S/C13H21N3O2/c1-16(10-13(17)15-7-8-18-2)12-5-3-11(9-14)4-6-12/h3-6H,7-10,14H2,1-2H3,(H,15,17). The van der Waals surface area contributed by atoms with Crippen molar-refractivity contribution in [2.24, 2.45) is 5.73 Å². The van der Waals surface area contributed by atoms with Gasteiger partial charge in [0.2, 0.25) is 5.91 Å². The molecule has 5 heteroatoms. The molecular formula is C13H21N3O2. The minimum Gasteiger partial charge on any atom is -0.383 e. The van der Waals surface area contributed by atoms with E-state index in [-0.39, 0.29) is 5.91 Å². The Morgan fingerprint density at radius 1 is 1.39 bits per heavy atom. The summed E-state index contributed by atoms with van der Waals surface area (Å²) in [5.41, 5.74) is 7.61. The highest BCUT2D eigenvalue weighted by molar-refractivity contribution is 5.81. The van der Waals surface area contributed by atoms with E-state index in [2.05, 4.69) is 5.32 Å². The molecule has 0 atom stereocenters. The minimum atomic E-state index is -0.0162. The first-order valence-electron chi connectivity index (χ1n) is 5.93. The number of nitrogens with two attached hydrogens (primary N) is 1. The molecule has 0 saturated heterocycles. The summed E-state index contributed by atoms with van der Waals surface area (Å²) in [5, 5.41) is 2.78. The van der Waals surface area contributed by atoms with E-state index in [9.17, 15) is 4.79 Å². The number of amides is 1. The molecule has 0 aliphatic carbocycles. The zero-order valence-electron chi connectivity index (χ0n) is 11.0. The van der Waals surface area contributed by atoms with Crippen molar-refractivity contribution in [2.45, 2.75) is 6.54 Å². The third-order valence-corrected chi connectivity index (χ3v) is 2.62. The van der Waals surface area contributed by atoms with Crippen LogP contribution in [-0.4, -0.2) is 39.8 Å². The van der Waals surface area contributed by atoms with Gasteiger partial charge in [0.1, 0.15) is 0 Å². The molecule has 0 heterocycles. The molecule has 18 heavy (non-hydrogen) atoms. The van der Waals surface area contributed by atoms with Crippen molar-refractivity contribution in [2.75, 3.05) is 38.8 Å². The van der Waals surface area contributed by atoms with Crippen LogP contribution in [0.25, 0.3) is 0 Å². The first kappa shape index (κ1) is 14.5. The SMILES string of the molecule is COCCNC(=O)CN(C)c1ccc(CN)cc1. The maximum atomic E-state index is 11.6. The third-order valence-electron chi connectivity index (χ3n) is 2.62. The van der Waals surface area contributed by atoms with Gasteiger partial charge < -0.3 is 20.7 Å². The lowest BCUT2D eigenvalue weighted by molar-refractivity contribution is -0.119. The number of carbonyl (C=O) groups excluding carboxylic acids is 1. The van der Waals surface area contributed by atoms with Crippen LogP contribution >= 0.6 is 0 Å². The number of hydrogen-bond acceptors (Lipinski definition) is 4. The number of nitrogens with one attached hydrogen (secondary N) is 1. The molecule has 0 aliphatic heterocycles. The minimum absolute atomic E-state index is 0.0162. The molecular weight excluding hydrogens is 230 g/mol. The van der Waals surface area contributed by atoms with Crippen molar-refractivity contribution < 1.29 is 9.53 Å². The number of hydrogen-bond donors (Lipinski definition) is 2. The van der Waals surface area contributed by atoms with Crippen molar-refractivity contribution in [1.82, 2.24) is 5.32 Å². The molecule has 0 fully saturated rings. The number of anilines is 1. The quantitative estimate of drug-likeness (QED) is 0.686. The molecule has 0 aliphatic rings. The Bertz CT molecular complexity index is 365. The van der Waals surface area contributed by atoms with E-state index in [1.54, 1.807) is 7.11 Å². The van der Waals surface area contributed by atoms with E-state index in [1.807, 2.05) is 36.2 Å². The highest BCUT2D eigenvalue weighted by Gasteiger charge is 2.06. The van der Waals surface area contributed by atoms with Crippen molar-refractivity contribution >= 4 is 11.6 Å². The molecule has 0 spiro atoms. The van der Waals surface area contributed by atoms with Gasteiger partial charge in [-0.05, 0) is 17.7 Å². The Kier molecular flexibility index (Phi) is 6.18. The van der Waals surface area contributed by atoms with Gasteiger partial charge in [-0.1, -0.05) is 12.1 Å². The van der Waals surface area contributed by atoms with Crippen LogP contribution in [-0.2, 0) is 16.1 Å². The van der Waals surface area contributed by atoms with E-state index in [0.717, 1.165) is 11.3 Å². The topological polar surface area (TPSA) is 67.6 Å². The second-order valence-electron chi connectivity index (χ2n) is 4.07. The molecule has 1 amide bonds. The smallest absolute Gasteiger partial charge is 0.239 e. The van der Waals surface area contributed by atoms with Gasteiger partial charge in [-0.15, -0.1) is 0 Å². The molecule has 0 aromatic heterocycles. The zero-order chi connectivity index (χ0) is 13.4. The van der Waals surface area contributed by atoms with Gasteiger partial charge in [0.15, 0.2) is 0 Å². The number of nitrogens with zero attached hydrogens (tertiary/aromatic N) is 1. The maximum Gasteiger partial charge on any atom is 0.239 e. The Morgan fingerprint density at radius 2 is 2.06 bits per heavy atom. The number of rotatable bonds is 7. The van der Waals surface area contributed by atoms with Crippen molar-refractivity contribution in [3.8, 4) is 0 Å². The van der Waals surface area contributed by atoms with E-state index in [1.165, 1.54) is 0 Å². The average molecular weight is 251 g/mol. The Hall–Kier alpha value is -1.59. The summed E-state index contributed by atoms with van der Waals surface area (Å²) in [7, 11) is 3.49. The maximum absolute atomic E-state index is 11.6. The Morgan fingerprint density at radius 3 is 2.61 bits per heavy atom. The van der Waals surface area contributed by atoms with Crippen molar-refractivity contribution in [3.05, 3.63) is 29.8 Å². The van der Waals surface area contributed by atoms with Gasteiger partial charge in [-0.25, -0.2) is 0 Å². The summed E-state index contributed by atoms with van der Waals surface area (Å²) in [6, 6.07) is 7.86. The molecule has 1 aromatic carbocycles. The normalized spacial score (nSPS) is 10.2. The molecule has 0 unspecified atom stereocenters. The molecule has 5 nitrogen and oxygen atoms in total. The predicted molar refractivity (Wildman–Crippen MR) is 72.5 cm³/mol. The Balaban J connectivity index is 2.43. The van der Waals surface area contributed by atoms with E-state index in [4.69, 9.17) is 10.5 Å². The van der Waals surface area contributed by atoms with Crippen molar-refractivity contribution in [3.63, 3.8) is 0 Å². The van der Waals surface area contributed by atoms with Gasteiger partial charge in [-0.2, -0.15) is 0 Å². The fraction of sp³-hybridized carbons (Fsp3) is 0.462. The second-order valence-corrected chi connectivity index (χ2v) is 4.07. The first-order valence-corrected chi connectivity index (χ1v) is 5.93. The van der Waals surface area contributed by atoms with Crippen LogP contribution in [0.2, 0.25) is 0 Å². The highest BCUT2D eigenvalue weighted by atomic mass is 16.5. The summed E-state index contributed by atoms with van der Waals surface area (Å²) in [6.07, 6.45) is 0. The first-order chi connectivity index (χ1) is 8.67. The lowest BCUT2D eigenvalue weighted by Crippen LogP contribution is -2.36. The van der Waals surface area contributed by atoms with Crippen LogP contribution in [0.4, 0.5) is 5.69 Å². The Labute approximate surface area is 108 Å². The van der Waals surface area contributed by atoms with Gasteiger partial charge in [-0.3, -0.25) is 4.79 Å². The zero-order valence-corrected chi connectivity index (χ0v) is 11.0. The van der Waals surface area contributed by atoms with E-state index >= 15 is 0 Å². The molecule has 0 saturated carbocycles. The second kappa shape index (κ2) is 7.68. The van der Waals surface area contributed by atoms with E-state index in [0.29, 0.717) is 26.2 Å². The number of methoxy groups -OCH3 is 1. The fourth-order valence-electron chi connectivity index (χ4n) is 1.54. The number of carbonyl (C=O) groups is 1. The predicted octanol–water partition coefficient (Wildman–Crippen LogP) is 0.344. The highest BCUT2D eigenvalue weighted by Crippen LogP contribution is 2.12. The summed E-state index contributed by atoms with van der Waals surface area (Å²) >= 11 is 0. The molecule has 0 radical (unpaired) electrons. The van der Waals surface area contributed by atoms with Crippen LogP contribution in [0.15, 0.2) is 24.3 Å². The molecule has 0 bridgehead atoms. The van der Waals surface area contributed by atoms with Gasteiger partial charge in [0, 0.05) is 32.9 Å². The van der Waals surface area contributed by atoms with Gasteiger partial charge >= 0.3 is 0 Å². The van der Waals surface area contributed by atoms with Crippen LogP contribution in [0.5, 0.6) is 0 Å². The molecule has 1 aromatic rings. The fourth-order valence-corrected chi connectivity index (χ4v) is 1.54. The average Bonchev–Trinajstić information content (AvgIpc) is 2.39. The monoisotopic (exact) mass is 251 g/mol. The number of ether oxygens (including phenoxy) is 1.